The minimum atomic E-state index is -1.17. The highest BCUT2D eigenvalue weighted by Gasteiger charge is 2.14. The van der Waals surface area contributed by atoms with Crippen LogP contribution in [0.2, 0.25) is 0 Å². The van der Waals surface area contributed by atoms with Gasteiger partial charge in [0.25, 0.3) is 0 Å². The summed E-state index contributed by atoms with van der Waals surface area (Å²) in [7, 11) is 0. The van der Waals surface area contributed by atoms with Crippen molar-refractivity contribution in [2.45, 2.75) is 70.5 Å². The lowest BCUT2D eigenvalue weighted by atomic mass is 10.2. The molecule has 0 rings (SSSR count). The van der Waals surface area contributed by atoms with E-state index in [1.165, 1.54) is 0 Å². The van der Waals surface area contributed by atoms with Gasteiger partial charge >= 0.3 is 23.9 Å². The van der Waals surface area contributed by atoms with E-state index in [-0.39, 0.29) is 36.7 Å². The van der Waals surface area contributed by atoms with E-state index in [9.17, 15) is 19.2 Å². The fraction of sp³-hybridized carbons (Fsp3) is 0.714. The summed E-state index contributed by atoms with van der Waals surface area (Å²) in [6.45, 7) is 5.14. The largest absolute Gasteiger partial charge is 0.481 e. The monoisotopic (exact) mass is 551 g/mol. The number of carbonyl (C=O) groups excluding carboxylic acids is 2. The predicted molar refractivity (Wildman–Crippen MR) is 142 cm³/mol. The lowest BCUT2D eigenvalue weighted by molar-refractivity contribution is -0.145. The number of aliphatic imine (C=N–C) groups is 2. The number of ether oxygens (including phenoxy) is 2. The first-order valence-corrected chi connectivity index (χ1v) is 11.8. The van der Waals surface area contributed by atoms with Crippen LogP contribution in [-0.4, -0.2) is 90.4 Å². The van der Waals surface area contributed by atoms with Gasteiger partial charge in [-0.25, -0.2) is 0 Å². The third-order valence-electron chi connectivity index (χ3n) is 4.10. The van der Waals surface area contributed by atoms with E-state index < -0.39 is 30.1 Å². The summed E-state index contributed by atoms with van der Waals surface area (Å²) in [6.07, 6.45) is 2.15. The first kappa shape index (κ1) is 38.8. The van der Waals surface area contributed by atoms with Gasteiger partial charge < -0.3 is 59.8 Å². The zero-order chi connectivity index (χ0) is 30.1. The van der Waals surface area contributed by atoms with Gasteiger partial charge in [-0.05, 0) is 46.0 Å². The van der Waals surface area contributed by atoms with Crippen molar-refractivity contribution in [3.05, 3.63) is 0 Å². The summed E-state index contributed by atoms with van der Waals surface area (Å²) in [5, 5.41) is 16.3. The molecule has 0 aromatic heterocycles. The third-order valence-corrected chi connectivity index (χ3v) is 4.10. The smallest absolute Gasteiger partial charge is 0.322 e. The van der Waals surface area contributed by atoms with Gasteiger partial charge in [0.05, 0.1) is 13.2 Å². The van der Waals surface area contributed by atoms with E-state index in [0.29, 0.717) is 52.0 Å². The Labute approximate surface area is 222 Å². The first-order valence-electron chi connectivity index (χ1n) is 11.8. The number of hydrogen-bond donors (Lipinski definition) is 9. The van der Waals surface area contributed by atoms with Crippen LogP contribution >= 0.6 is 0 Å². The van der Waals surface area contributed by atoms with Crippen LogP contribution in [-0.2, 0) is 28.7 Å². The number of nitrogens with two attached hydrogens (primary N) is 7. The highest BCUT2D eigenvalue weighted by molar-refractivity contribution is 5.77. The predicted octanol–water partition coefficient (Wildman–Crippen LogP) is -2.88. The van der Waals surface area contributed by atoms with Crippen LogP contribution in [0, 0.1) is 0 Å². The molecule has 0 spiro atoms. The molecule has 3 atom stereocenters. The summed E-state index contributed by atoms with van der Waals surface area (Å²) in [4.78, 5) is 49.5. The standard InChI is InChI=1S/2C8H18N4O2.C5H9NO4/c2*1-2-14-7(13)6(9)4-3-5-12-8(10)11;6-3(5(9)10)1-2-4(7)8/h2*6H,2-5,9H2,1H3,(H4,10,11,12);3H,1-2,6H2,(H,7,8)(H,9,10)/t2*6-;3-/m000/s1. The number of esters is 2. The minimum Gasteiger partial charge on any atom is -0.481 e. The zero-order valence-corrected chi connectivity index (χ0v) is 22.1. The zero-order valence-electron chi connectivity index (χ0n) is 22.1. The Balaban J connectivity index is -0.000000492. The van der Waals surface area contributed by atoms with Crippen LogP contribution in [0.25, 0.3) is 0 Å². The third kappa shape index (κ3) is 28.5. The summed E-state index contributed by atoms with van der Waals surface area (Å²) < 4.78 is 9.47. The normalized spacial score (nSPS) is 12.0. The molecule has 0 aliphatic carbocycles. The SMILES string of the molecule is CCOC(=O)[C@@H](N)CCCN=C(N)N.CCOC(=O)[C@@H](N)CCCN=C(N)N.N[C@@H](CCC(=O)O)C(=O)O. The lowest BCUT2D eigenvalue weighted by Gasteiger charge is -2.08. The van der Waals surface area contributed by atoms with Crippen molar-refractivity contribution in [1.82, 2.24) is 0 Å². The highest BCUT2D eigenvalue weighted by atomic mass is 16.5. The summed E-state index contributed by atoms with van der Waals surface area (Å²) in [5.74, 6) is -2.85. The molecule has 0 radical (unpaired) electrons. The highest BCUT2D eigenvalue weighted by Crippen LogP contribution is 1.98. The maximum atomic E-state index is 11.0. The van der Waals surface area contributed by atoms with Crippen molar-refractivity contribution >= 4 is 35.8 Å². The Morgan fingerprint density at radius 3 is 1.32 bits per heavy atom. The van der Waals surface area contributed by atoms with Crippen molar-refractivity contribution in [2.24, 2.45) is 50.1 Å². The van der Waals surface area contributed by atoms with Crippen molar-refractivity contribution in [2.75, 3.05) is 26.3 Å². The van der Waals surface area contributed by atoms with Gasteiger partial charge in [0.15, 0.2) is 11.9 Å². The molecule has 17 heteroatoms. The van der Waals surface area contributed by atoms with Gasteiger partial charge in [0.1, 0.15) is 18.1 Å². The molecule has 0 aliphatic heterocycles. The molecule has 0 saturated heterocycles. The fourth-order valence-corrected chi connectivity index (χ4v) is 2.18. The second kappa shape index (κ2) is 25.0. The molecule has 17 nitrogen and oxygen atoms in total. The maximum Gasteiger partial charge on any atom is 0.322 e. The van der Waals surface area contributed by atoms with Crippen LogP contribution < -0.4 is 40.1 Å². The van der Waals surface area contributed by atoms with E-state index in [4.69, 9.17) is 59.8 Å². The fourth-order valence-electron chi connectivity index (χ4n) is 2.18. The molecule has 0 bridgehead atoms. The molecule has 0 aromatic rings. The van der Waals surface area contributed by atoms with E-state index in [1.807, 2.05) is 0 Å². The molecule has 0 aliphatic rings. The van der Waals surface area contributed by atoms with Gasteiger partial charge in [-0.3, -0.25) is 29.2 Å². The molecule has 0 saturated carbocycles. The summed E-state index contributed by atoms with van der Waals surface area (Å²) in [6, 6.07) is -2.22. The molecule has 0 aromatic carbocycles. The van der Waals surface area contributed by atoms with Crippen LogP contribution in [0.3, 0.4) is 0 Å². The topological polar surface area (TPSA) is 334 Å². The number of rotatable bonds is 16. The van der Waals surface area contributed by atoms with Gasteiger partial charge in [-0.15, -0.1) is 0 Å². The molecule has 0 fully saturated rings. The second-order valence-electron chi connectivity index (χ2n) is 7.49. The van der Waals surface area contributed by atoms with Crippen LogP contribution in [0.4, 0.5) is 0 Å². The minimum absolute atomic E-state index is 0.0231. The van der Waals surface area contributed by atoms with E-state index in [2.05, 4.69) is 9.98 Å². The van der Waals surface area contributed by atoms with E-state index in [1.54, 1.807) is 13.8 Å². The van der Waals surface area contributed by atoms with Crippen molar-refractivity contribution in [1.29, 1.82) is 0 Å². The number of nitrogens with zero attached hydrogens (tertiary/aromatic N) is 2. The quantitative estimate of drug-likeness (QED) is 0.0402. The Morgan fingerprint density at radius 2 is 1.05 bits per heavy atom. The molecule has 16 N–H and O–H groups in total. The molecular weight excluding hydrogens is 506 g/mol. The molecule has 222 valence electrons. The van der Waals surface area contributed by atoms with Gasteiger partial charge in [-0.1, -0.05) is 0 Å². The van der Waals surface area contributed by atoms with E-state index in [0.717, 1.165) is 0 Å². The average molecular weight is 552 g/mol. The number of carboxylic acids is 2. The lowest BCUT2D eigenvalue weighted by Crippen LogP contribution is -2.32. The molecular formula is C21H45N9O8. The number of carboxylic acid groups (broad SMARTS) is 2. The van der Waals surface area contributed by atoms with Gasteiger partial charge in [-0.2, -0.15) is 0 Å². The van der Waals surface area contributed by atoms with Crippen molar-refractivity contribution in [3.8, 4) is 0 Å². The van der Waals surface area contributed by atoms with Crippen LogP contribution in [0.15, 0.2) is 9.98 Å². The van der Waals surface area contributed by atoms with Gasteiger partial charge in [0, 0.05) is 19.5 Å². The Hall–Kier alpha value is -3.70. The summed E-state index contributed by atoms with van der Waals surface area (Å²) in [5.41, 5.74) is 36.6. The Morgan fingerprint density at radius 1 is 0.684 bits per heavy atom. The van der Waals surface area contributed by atoms with Crippen LogP contribution in [0.5, 0.6) is 0 Å². The maximum absolute atomic E-state index is 11.0. The van der Waals surface area contributed by atoms with Crippen molar-refractivity contribution in [3.63, 3.8) is 0 Å². The number of hydrogen-bond acceptors (Lipinski definition) is 11. The number of carbonyl (C=O) groups is 4. The summed E-state index contributed by atoms with van der Waals surface area (Å²) >= 11 is 0. The number of guanidine groups is 2. The molecule has 38 heavy (non-hydrogen) atoms. The van der Waals surface area contributed by atoms with Crippen molar-refractivity contribution < 1.29 is 38.9 Å². The van der Waals surface area contributed by atoms with Crippen LogP contribution in [0.1, 0.15) is 52.4 Å². The van der Waals surface area contributed by atoms with E-state index >= 15 is 0 Å². The average Bonchev–Trinajstić information content (AvgIpc) is 2.83. The molecule has 0 heterocycles. The number of aliphatic carboxylic acids is 2. The molecule has 0 amide bonds. The second-order valence-corrected chi connectivity index (χ2v) is 7.49. The molecule has 0 unspecified atom stereocenters. The first-order chi connectivity index (χ1) is 17.7. The van der Waals surface area contributed by atoms with Gasteiger partial charge in [0.2, 0.25) is 0 Å². The Kier molecular flexibility index (Phi) is 25.5. The Bertz CT molecular complexity index is 698.